The number of methoxy groups -OCH3 is 1. The molecule has 3 aromatic rings. The van der Waals surface area contributed by atoms with Crippen molar-refractivity contribution in [3.63, 3.8) is 0 Å². The van der Waals surface area contributed by atoms with Crippen molar-refractivity contribution in [2.45, 2.75) is 51.3 Å². The van der Waals surface area contributed by atoms with E-state index in [1.54, 1.807) is 7.11 Å². The van der Waals surface area contributed by atoms with Crippen LogP contribution >= 0.6 is 0 Å². The summed E-state index contributed by atoms with van der Waals surface area (Å²) in [6, 6.07) is 7.38. The number of pyridine rings is 1. The Kier molecular flexibility index (Phi) is 5.93. The fourth-order valence-corrected chi connectivity index (χ4v) is 5.01. The third kappa shape index (κ3) is 4.14. The van der Waals surface area contributed by atoms with E-state index in [2.05, 4.69) is 32.3 Å². The van der Waals surface area contributed by atoms with Crippen LogP contribution in [0.3, 0.4) is 0 Å². The predicted octanol–water partition coefficient (Wildman–Crippen LogP) is 2.52. The summed E-state index contributed by atoms with van der Waals surface area (Å²) < 4.78 is 13.0. The van der Waals surface area contributed by atoms with Gasteiger partial charge in [-0.25, -0.2) is 4.68 Å². The Morgan fingerprint density at radius 2 is 2.19 bits per heavy atom. The topological polar surface area (TPSA) is 98.2 Å². The molecular weight excluding hydrogens is 408 g/mol. The van der Waals surface area contributed by atoms with Gasteiger partial charge in [0.1, 0.15) is 11.8 Å². The summed E-state index contributed by atoms with van der Waals surface area (Å²) in [7, 11) is 1.62. The van der Waals surface area contributed by atoms with E-state index in [4.69, 9.17) is 9.47 Å². The summed E-state index contributed by atoms with van der Waals surface area (Å²) in [5, 5.41) is 13.6. The molecule has 3 atom stereocenters. The molecule has 0 amide bonds. The number of aromatic nitrogens is 5. The molecule has 0 aliphatic carbocycles. The number of benzene rings is 1. The van der Waals surface area contributed by atoms with E-state index in [0.29, 0.717) is 29.6 Å². The normalized spacial score (nSPS) is 22.9. The van der Waals surface area contributed by atoms with Crippen molar-refractivity contribution >= 4 is 10.9 Å². The van der Waals surface area contributed by atoms with Crippen molar-refractivity contribution in [2.75, 3.05) is 26.8 Å². The lowest BCUT2D eigenvalue weighted by molar-refractivity contribution is 0.0889. The molecule has 2 aromatic heterocycles. The smallest absolute Gasteiger partial charge is 0.253 e. The molecule has 170 valence electrons. The van der Waals surface area contributed by atoms with Crippen molar-refractivity contribution in [3.05, 3.63) is 46.0 Å². The minimum absolute atomic E-state index is 0.112. The van der Waals surface area contributed by atoms with E-state index in [1.807, 2.05) is 28.9 Å². The monoisotopic (exact) mass is 438 g/mol. The summed E-state index contributed by atoms with van der Waals surface area (Å²) in [6.07, 6.45) is 4.46. The van der Waals surface area contributed by atoms with E-state index in [9.17, 15) is 4.79 Å². The average Bonchev–Trinajstić information content (AvgIpc) is 3.47. The van der Waals surface area contributed by atoms with Crippen LogP contribution in [0.5, 0.6) is 5.75 Å². The number of rotatable bonds is 6. The highest BCUT2D eigenvalue weighted by Gasteiger charge is 2.33. The third-order valence-corrected chi connectivity index (χ3v) is 6.63. The number of hydrogen-bond donors (Lipinski definition) is 1. The Bertz CT molecular complexity index is 1140. The van der Waals surface area contributed by atoms with Crippen LogP contribution in [0, 0.1) is 5.92 Å². The van der Waals surface area contributed by atoms with E-state index >= 15 is 0 Å². The Balaban J connectivity index is 1.59. The van der Waals surface area contributed by atoms with Crippen molar-refractivity contribution < 1.29 is 9.47 Å². The van der Waals surface area contributed by atoms with Gasteiger partial charge in [0, 0.05) is 24.8 Å². The molecule has 5 rings (SSSR count). The Hall–Kier alpha value is -2.78. The molecule has 2 saturated heterocycles. The zero-order chi connectivity index (χ0) is 22.1. The molecular formula is C23H30N6O3. The second-order valence-electron chi connectivity index (χ2n) is 9.01. The molecule has 9 nitrogen and oxygen atoms in total. The number of likely N-dealkylation sites (tertiary alicyclic amines) is 1. The van der Waals surface area contributed by atoms with Gasteiger partial charge in [0.2, 0.25) is 0 Å². The maximum atomic E-state index is 13.3. The molecule has 0 unspecified atom stereocenters. The van der Waals surface area contributed by atoms with Gasteiger partial charge in [-0.2, -0.15) is 0 Å². The van der Waals surface area contributed by atoms with Gasteiger partial charge >= 0.3 is 0 Å². The van der Waals surface area contributed by atoms with Crippen molar-refractivity contribution in [1.82, 2.24) is 30.1 Å². The second kappa shape index (κ2) is 8.99. The molecule has 2 fully saturated rings. The number of nitrogens with one attached hydrogen (secondary N) is 1. The maximum Gasteiger partial charge on any atom is 0.253 e. The molecule has 2 aliphatic rings. The minimum Gasteiger partial charge on any atom is -0.497 e. The molecule has 2 aliphatic heterocycles. The van der Waals surface area contributed by atoms with E-state index in [0.717, 1.165) is 49.9 Å². The van der Waals surface area contributed by atoms with Gasteiger partial charge in [0.15, 0.2) is 5.82 Å². The molecule has 0 spiro atoms. The Morgan fingerprint density at radius 3 is 2.97 bits per heavy atom. The first-order valence-corrected chi connectivity index (χ1v) is 11.4. The number of aromatic amines is 1. The van der Waals surface area contributed by atoms with Gasteiger partial charge in [0.05, 0.1) is 25.3 Å². The molecule has 4 heterocycles. The predicted molar refractivity (Wildman–Crippen MR) is 120 cm³/mol. The summed E-state index contributed by atoms with van der Waals surface area (Å²) in [5.41, 5.74) is 1.30. The number of hydrogen-bond acceptors (Lipinski definition) is 7. The molecule has 0 bridgehead atoms. The zero-order valence-electron chi connectivity index (χ0n) is 18.7. The van der Waals surface area contributed by atoms with Crippen LogP contribution < -0.4 is 10.3 Å². The van der Waals surface area contributed by atoms with Crippen LogP contribution in [0.25, 0.3) is 10.9 Å². The highest BCUT2D eigenvalue weighted by atomic mass is 16.5. The zero-order valence-corrected chi connectivity index (χ0v) is 18.7. The van der Waals surface area contributed by atoms with Crippen LogP contribution in [-0.4, -0.2) is 63.0 Å². The first-order chi connectivity index (χ1) is 15.6. The van der Waals surface area contributed by atoms with Crippen LogP contribution in [0.15, 0.2) is 29.1 Å². The molecule has 0 saturated carbocycles. The Morgan fingerprint density at radius 1 is 1.28 bits per heavy atom. The third-order valence-electron chi connectivity index (χ3n) is 6.63. The van der Waals surface area contributed by atoms with Gasteiger partial charge in [-0.1, -0.05) is 6.92 Å². The maximum absolute atomic E-state index is 13.3. The van der Waals surface area contributed by atoms with Crippen molar-refractivity contribution in [1.29, 1.82) is 0 Å². The molecule has 9 heteroatoms. The SMILES string of the molecule is COc1ccc2cc([C@@H](c3nnnn3C[C@@H]3CCCO3)N3CCC[C@@H](C)C3)c(=O)[nH]c2c1. The van der Waals surface area contributed by atoms with Crippen LogP contribution in [0.2, 0.25) is 0 Å². The Labute approximate surface area is 186 Å². The van der Waals surface area contributed by atoms with Crippen molar-refractivity contribution in [3.8, 4) is 5.75 Å². The lowest BCUT2D eigenvalue weighted by atomic mass is 9.95. The average molecular weight is 439 g/mol. The van der Waals surface area contributed by atoms with Gasteiger partial charge in [-0.05, 0) is 72.2 Å². The molecule has 1 N–H and O–H groups in total. The first-order valence-electron chi connectivity index (χ1n) is 11.4. The quantitative estimate of drug-likeness (QED) is 0.631. The fraction of sp³-hybridized carbons (Fsp3) is 0.565. The second-order valence-corrected chi connectivity index (χ2v) is 9.01. The van der Waals surface area contributed by atoms with Gasteiger partial charge < -0.3 is 14.5 Å². The summed E-state index contributed by atoms with van der Waals surface area (Å²) in [5.74, 6) is 1.97. The molecule has 32 heavy (non-hydrogen) atoms. The summed E-state index contributed by atoms with van der Waals surface area (Å²) in [4.78, 5) is 18.7. The first kappa shape index (κ1) is 21.1. The fourth-order valence-electron chi connectivity index (χ4n) is 5.01. The number of fused-ring (bicyclic) bond motifs is 1. The summed E-state index contributed by atoms with van der Waals surface area (Å²) >= 11 is 0. The van der Waals surface area contributed by atoms with Gasteiger partial charge in [-0.15, -0.1) is 5.10 Å². The highest BCUT2D eigenvalue weighted by molar-refractivity contribution is 5.80. The molecule has 0 radical (unpaired) electrons. The number of piperidine rings is 1. The molecule has 1 aromatic carbocycles. The lowest BCUT2D eigenvalue weighted by Gasteiger charge is -2.36. The highest BCUT2D eigenvalue weighted by Crippen LogP contribution is 2.31. The van der Waals surface area contributed by atoms with Crippen LogP contribution in [-0.2, 0) is 11.3 Å². The van der Waals surface area contributed by atoms with Crippen molar-refractivity contribution in [2.24, 2.45) is 5.92 Å². The largest absolute Gasteiger partial charge is 0.497 e. The standard InChI is InChI=1S/C23H30N6O3/c1-15-5-3-9-28(13-15)21(22-25-26-27-29(22)14-18-6-4-10-32-18)19-11-16-7-8-17(31-2)12-20(16)24-23(19)30/h7-8,11-12,15,18,21H,3-6,9-10,13-14H2,1-2H3,(H,24,30)/t15-,18+,21+/m1/s1. The summed E-state index contributed by atoms with van der Waals surface area (Å²) in [6.45, 7) is 5.45. The number of nitrogens with zero attached hydrogens (tertiary/aromatic N) is 5. The number of H-pyrrole nitrogens is 1. The number of ether oxygens (including phenoxy) is 2. The minimum atomic E-state index is -0.315. The van der Waals surface area contributed by atoms with Gasteiger partial charge in [-0.3, -0.25) is 9.69 Å². The van der Waals surface area contributed by atoms with Crippen LogP contribution in [0.1, 0.15) is 50.0 Å². The van der Waals surface area contributed by atoms with E-state index in [-0.39, 0.29) is 17.7 Å². The van der Waals surface area contributed by atoms with Gasteiger partial charge in [0.25, 0.3) is 5.56 Å². The van der Waals surface area contributed by atoms with Crippen LogP contribution in [0.4, 0.5) is 0 Å². The number of tetrazole rings is 1. The van der Waals surface area contributed by atoms with E-state index < -0.39 is 0 Å². The lowest BCUT2D eigenvalue weighted by Crippen LogP contribution is -2.41. The van der Waals surface area contributed by atoms with E-state index in [1.165, 1.54) is 6.42 Å².